The Bertz CT molecular complexity index is 574. The first-order valence-corrected chi connectivity index (χ1v) is 11.4. The van der Waals surface area contributed by atoms with E-state index in [4.69, 9.17) is 4.99 Å². The average Bonchev–Trinajstić information content (AvgIpc) is 2.74. The van der Waals surface area contributed by atoms with Gasteiger partial charge in [0.15, 0.2) is 5.96 Å². The molecule has 1 aliphatic rings. The second-order valence-corrected chi connectivity index (χ2v) is 8.12. The van der Waals surface area contributed by atoms with Crippen molar-refractivity contribution in [3.8, 4) is 0 Å². The Morgan fingerprint density at radius 3 is 2.43 bits per heavy atom. The van der Waals surface area contributed by atoms with Gasteiger partial charge in [0.05, 0.1) is 0 Å². The number of guanidine groups is 1. The zero-order valence-electron chi connectivity index (χ0n) is 19.4. The molecule has 1 aromatic rings. The fourth-order valence-electron chi connectivity index (χ4n) is 3.70. The lowest BCUT2D eigenvalue weighted by Gasteiger charge is -2.33. The summed E-state index contributed by atoms with van der Waals surface area (Å²) in [5, 5.41) is 6.89. The van der Waals surface area contributed by atoms with Crippen LogP contribution in [-0.4, -0.2) is 88.3 Å². The van der Waals surface area contributed by atoms with Gasteiger partial charge in [-0.15, -0.1) is 24.0 Å². The number of rotatable bonds is 11. The second-order valence-electron chi connectivity index (χ2n) is 8.12. The fourth-order valence-corrected chi connectivity index (χ4v) is 3.70. The van der Waals surface area contributed by atoms with Crippen molar-refractivity contribution in [2.24, 2.45) is 10.9 Å². The number of para-hydroxylation sites is 1. The maximum atomic E-state index is 4.83. The number of halogens is 1. The number of hydrogen-bond donors (Lipinski definition) is 2. The molecular weight excluding hydrogens is 487 g/mol. The number of nitrogens with zero attached hydrogens (tertiary/aromatic N) is 4. The number of nitrogens with one attached hydrogen (secondary N) is 2. The van der Waals surface area contributed by atoms with E-state index in [0.717, 1.165) is 51.6 Å². The van der Waals surface area contributed by atoms with E-state index in [-0.39, 0.29) is 24.0 Å². The number of aliphatic imine (C=N–C) groups is 1. The third-order valence-corrected chi connectivity index (χ3v) is 5.47. The van der Waals surface area contributed by atoms with E-state index in [9.17, 15) is 0 Å². The van der Waals surface area contributed by atoms with Crippen molar-refractivity contribution in [2.45, 2.75) is 27.2 Å². The summed E-state index contributed by atoms with van der Waals surface area (Å²) in [4.78, 5) is 12.2. The first-order chi connectivity index (χ1) is 14.1. The van der Waals surface area contributed by atoms with Crippen LogP contribution in [0.4, 0.5) is 5.69 Å². The van der Waals surface area contributed by atoms with E-state index in [0.29, 0.717) is 5.92 Å². The van der Waals surface area contributed by atoms with Crippen LogP contribution in [0.1, 0.15) is 27.2 Å². The Balaban J connectivity index is 0.00000450. The minimum atomic E-state index is 0. The summed E-state index contributed by atoms with van der Waals surface area (Å²) in [6.45, 7) is 17.3. The molecule has 0 saturated carbocycles. The maximum absolute atomic E-state index is 4.83. The molecule has 0 amide bonds. The van der Waals surface area contributed by atoms with Gasteiger partial charge in [-0.1, -0.05) is 25.1 Å². The monoisotopic (exact) mass is 530 g/mol. The van der Waals surface area contributed by atoms with Crippen molar-refractivity contribution in [2.75, 3.05) is 77.4 Å². The highest BCUT2D eigenvalue weighted by Crippen LogP contribution is 2.12. The Hall–Kier alpha value is -1.06. The van der Waals surface area contributed by atoms with Gasteiger partial charge in [-0.05, 0) is 45.4 Å². The largest absolute Gasteiger partial charge is 0.372 e. The summed E-state index contributed by atoms with van der Waals surface area (Å²) >= 11 is 0. The highest BCUT2D eigenvalue weighted by atomic mass is 127. The van der Waals surface area contributed by atoms with Crippen molar-refractivity contribution >= 4 is 35.6 Å². The van der Waals surface area contributed by atoms with Gasteiger partial charge in [-0.25, -0.2) is 0 Å². The van der Waals surface area contributed by atoms with Gasteiger partial charge in [0, 0.05) is 71.1 Å². The predicted molar refractivity (Wildman–Crippen MR) is 141 cm³/mol. The third kappa shape index (κ3) is 10.3. The van der Waals surface area contributed by atoms with Crippen LogP contribution in [0.5, 0.6) is 0 Å². The third-order valence-electron chi connectivity index (χ3n) is 5.47. The molecule has 6 nitrogen and oxygen atoms in total. The van der Waals surface area contributed by atoms with E-state index >= 15 is 0 Å². The van der Waals surface area contributed by atoms with Gasteiger partial charge < -0.3 is 25.3 Å². The minimum Gasteiger partial charge on any atom is -0.372 e. The number of hydrogen-bond acceptors (Lipinski definition) is 4. The zero-order chi connectivity index (χ0) is 20.9. The number of benzene rings is 1. The Kier molecular flexibility index (Phi) is 14.1. The Morgan fingerprint density at radius 1 is 1.10 bits per heavy atom. The van der Waals surface area contributed by atoms with E-state index in [1.54, 1.807) is 0 Å². The average molecular weight is 531 g/mol. The maximum Gasteiger partial charge on any atom is 0.191 e. The van der Waals surface area contributed by atoms with Gasteiger partial charge in [0.2, 0.25) is 0 Å². The normalized spacial score (nSPS) is 16.6. The van der Waals surface area contributed by atoms with E-state index in [1.807, 2.05) is 0 Å². The van der Waals surface area contributed by atoms with Gasteiger partial charge in [-0.3, -0.25) is 4.99 Å². The molecule has 30 heavy (non-hydrogen) atoms. The summed E-state index contributed by atoms with van der Waals surface area (Å²) in [6.07, 6.45) is 1.09. The van der Waals surface area contributed by atoms with E-state index in [2.05, 4.69) is 83.5 Å². The smallest absolute Gasteiger partial charge is 0.191 e. The van der Waals surface area contributed by atoms with Crippen LogP contribution in [0.25, 0.3) is 0 Å². The molecule has 0 aromatic heterocycles. The zero-order valence-corrected chi connectivity index (χ0v) is 21.8. The molecule has 0 bridgehead atoms. The first kappa shape index (κ1) is 27.0. The summed E-state index contributed by atoms with van der Waals surface area (Å²) in [5.74, 6) is 1.52. The molecule has 1 aliphatic heterocycles. The fraction of sp³-hybridized carbons (Fsp3) is 0.696. The molecule has 1 heterocycles. The highest BCUT2D eigenvalue weighted by molar-refractivity contribution is 14.0. The van der Waals surface area contributed by atoms with Gasteiger partial charge in [0.1, 0.15) is 0 Å². The Labute approximate surface area is 201 Å². The summed E-state index contributed by atoms with van der Waals surface area (Å²) < 4.78 is 0. The molecule has 0 spiro atoms. The quantitative estimate of drug-likeness (QED) is 0.200. The molecule has 1 saturated heterocycles. The van der Waals surface area contributed by atoms with Crippen LogP contribution in [0.2, 0.25) is 0 Å². The van der Waals surface area contributed by atoms with Crippen LogP contribution in [0.15, 0.2) is 35.3 Å². The van der Waals surface area contributed by atoms with Crippen LogP contribution < -0.4 is 15.5 Å². The summed E-state index contributed by atoms with van der Waals surface area (Å²) in [7, 11) is 2.21. The molecular formula is C23H43IN6. The van der Waals surface area contributed by atoms with Gasteiger partial charge >= 0.3 is 0 Å². The molecule has 7 heteroatoms. The molecule has 1 atom stereocenters. The molecule has 1 unspecified atom stereocenters. The molecule has 0 aliphatic carbocycles. The lowest BCUT2D eigenvalue weighted by Crippen LogP contribution is -2.46. The standard InChI is InChI=1S/C23H42N6.HI/c1-5-24-23(26-19-21(3)20-28-17-15-27(4)16-18-28)25-13-10-14-29(6-2)22-11-8-7-9-12-22;/h7-9,11-12,21H,5-6,10,13-20H2,1-4H3,(H2,24,25,26);1H. The molecule has 172 valence electrons. The molecule has 2 N–H and O–H groups in total. The number of likely N-dealkylation sites (N-methyl/N-ethyl adjacent to an activating group) is 1. The van der Waals surface area contributed by atoms with Crippen LogP contribution in [0, 0.1) is 5.92 Å². The first-order valence-electron chi connectivity index (χ1n) is 11.4. The minimum absolute atomic E-state index is 0. The Morgan fingerprint density at radius 2 is 1.80 bits per heavy atom. The van der Waals surface area contributed by atoms with Crippen molar-refractivity contribution in [1.82, 2.24) is 20.4 Å². The van der Waals surface area contributed by atoms with E-state index in [1.165, 1.54) is 31.9 Å². The summed E-state index contributed by atoms with van der Waals surface area (Å²) in [6, 6.07) is 10.7. The predicted octanol–water partition coefficient (Wildman–Crippen LogP) is 2.96. The topological polar surface area (TPSA) is 46.1 Å². The van der Waals surface area contributed by atoms with Gasteiger partial charge in [0.25, 0.3) is 0 Å². The number of piperazine rings is 1. The lowest BCUT2D eigenvalue weighted by atomic mass is 10.1. The molecule has 1 fully saturated rings. The van der Waals surface area contributed by atoms with Crippen molar-refractivity contribution < 1.29 is 0 Å². The van der Waals surface area contributed by atoms with Gasteiger partial charge in [-0.2, -0.15) is 0 Å². The highest BCUT2D eigenvalue weighted by Gasteiger charge is 2.16. The van der Waals surface area contributed by atoms with Crippen LogP contribution in [-0.2, 0) is 0 Å². The molecule has 0 radical (unpaired) electrons. The van der Waals surface area contributed by atoms with Crippen LogP contribution in [0.3, 0.4) is 0 Å². The van der Waals surface area contributed by atoms with Crippen molar-refractivity contribution in [1.29, 1.82) is 0 Å². The molecule has 2 rings (SSSR count). The molecule has 1 aromatic carbocycles. The van der Waals surface area contributed by atoms with Crippen molar-refractivity contribution in [3.05, 3.63) is 30.3 Å². The second kappa shape index (κ2) is 15.7. The van der Waals surface area contributed by atoms with E-state index < -0.39 is 0 Å². The SMILES string of the molecule is CCNC(=NCC(C)CN1CCN(C)CC1)NCCCN(CC)c1ccccc1.I. The number of anilines is 1. The lowest BCUT2D eigenvalue weighted by molar-refractivity contribution is 0.140. The summed E-state index contributed by atoms with van der Waals surface area (Å²) in [5.41, 5.74) is 1.30. The van der Waals surface area contributed by atoms with Crippen LogP contribution >= 0.6 is 24.0 Å². The van der Waals surface area contributed by atoms with Crippen molar-refractivity contribution in [3.63, 3.8) is 0 Å².